The number of rotatable bonds is 3. The Kier molecular flexibility index (Phi) is 3.22. The minimum atomic E-state index is 0.101. The number of ether oxygens (including phenoxy) is 1. The van der Waals surface area contributed by atoms with E-state index in [4.69, 9.17) is 9.15 Å². The fourth-order valence-electron chi connectivity index (χ4n) is 3.21. The molecule has 0 aromatic carbocycles. The number of hydrogen-bond donors (Lipinski definition) is 0. The Balaban J connectivity index is 1.67. The summed E-state index contributed by atoms with van der Waals surface area (Å²) in [5.41, 5.74) is 2.61. The van der Waals surface area contributed by atoms with Crippen molar-refractivity contribution in [3.63, 3.8) is 0 Å². The molecule has 2 aliphatic rings. The standard InChI is InChI=1S/C16H20N2O3/c19-16(17-5-8-20-9-6-17)14-10-15-13(4-7-21-15)18(14)11-12-2-1-3-12/h4,7,10,12H,1-3,5-6,8-9,11H2. The molecule has 2 fully saturated rings. The molecule has 2 aromatic heterocycles. The van der Waals surface area contributed by atoms with E-state index in [-0.39, 0.29) is 5.91 Å². The maximum Gasteiger partial charge on any atom is 0.270 e. The molecule has 3 heterocycles. The van der Waals surface area contributed by atoms with Crippen LogP contribution in [0.5, 0.6) is 0 Å². The summed E-state index contributed by atoms with van der Waals surface area (Å²) in [6.07, 6.45) is 5.55. The Labute approximate surface area is 123 Å². The molecule has 0 N–H and O–H groups in total. The first-order valence-corrected chi connectivity index (χ1v) is 7.76. The van der Waals surface area contributed by atoms with Crippen LogP contribution in [0.4, 0.5) is 0 Å². The van der Waals surface area contributed by atoms with E-state index in [1.165, 1.54) is 19.3 Å². The zero-order valence-electron chi connectivity index (χ0n) is 12.1. The molecule has 1 aliphatic heterocycles. The van der Waals surface area contributed by atoms with Crippen molar-refractivity contribution in [3.05, 3.63) is 24.1 Å². The summed E-state index contributed by atoms with van der Waals surface area (Å²) < 4.78 is 13.0. The molecule has 1 aliphatic carbocycles. The molecule has 4 rings (SSSR count). The lowest BCUT2D eigenvalue weighted by Gasteiger charge is -2.29. The second-order valence-corrected chi connectivity index (χ2v) is 6.01. The van der Waals surface area contributed by atoms with Gasteiger partial charge in [0.1, 0.15) is 5.69 Å². The molecule has 0 unspecified atom stereocenters. The molecule has 0 atom stereocenters. The predicted molar refractivity (Wildman–Crippen MR) is 78.3 cm³/mol. The van der Waals surface area contributed by atoms with Crippen LogP contribution in [0.3, 0.4) is 0 Å². The van der Waals surface area contributed by atoms with Gasteiger partial charge in [-0.3, -0.25) is 4.79 Å². The van der Waals surface area contributed by atoms with E-state index in [0.717, 1.165) is 23.3 Å². The first-order chi connectivity index (χ1) is 10.3. The van der Waals surface area contributed by atoms with Crippen LogP contribution in [0.2, 0.25) is 0 Å². The van der Waals surface area contributed by atoms with Crippen LogP contribution in [-0.4, -0.2) is 41.7 Å². The van der Waals surface area contributed by atoms with Crippen molar-refractivity contribution in [2.45, 2.75) is 25.8 Å². The summed E-state index contributed by atoms with van der Waals surface area (Å²) in [5, 5.41) is 0. The van der Waals surface area contributed by atoms with Crippen LogP contribution >= 0.6 is 0 Å². The average Bonchev–Trinajstić information content (AvgIpc) is 3.04. The number of nitrogens with zero attached hydrogens (tertiary/aromatic N) is 2. The maximum absolute atomic E-state index is 12.8. The molecule has 5 nitrogen and oxygen atoms in total. The highest BCUT2D eigenvalue weighted by atomic mass is 16.5. The first-order valence-electron chi connectivity index (χ1n) is 7.76. The largest absolute Gasteiger partial charge is 0.463 e. The van der Waals surface area contributed by atoms with Crippen LogP contribution in [0.25, 0.3) is 11.1 Å². The van der Waals surface area contributed by atoms with Gasteiger partial charge in [0.25, 0.3) is 5.91 Å². The topological polar surface area (TPSA) is 47.6 Å². The minimum absolute atomic E-state index is 0.101. The monoisotopic (exact) mass is 288 g/mol. The van der Waals surface area contributed by atoms with E-state index in [2.05, 4.69) is 4.57 Å². The molecule has 1 saturated heterocycles. The maximum atomic E-state index is 12.8. The van der Waals surface area contributed by atoms with Gasteiger partial charge in [-0.05, 0) is 18.8 Å². The number of hydrogen-bond acceptors (Lipinski definition) is 3. The van der Waals surface area contributed by atoms with Gasteiger partial charge >= 0.3 is 0 Å². The Morgan fingerprint density at radius 1 is 1.29 bits per heavy atom. The highest BCUT2D eigenvalue weighted by Crippen LogP contribution is 2.31. The second kappa shape index (κ2) is 5.22. The lowest BCUT2D eigenvalue weighted by molar-refractivity contribution is 0.0295. The summed E-state index contributed by atoms with van der Waals surface area (Å²) in [5.74, 6) is 0.802. The van der Waals surface area contributed by atoms with Gasteiger partial charge in [-0.1, -0.05) is 6.42 Å². The normalized spacial score (nSPS) is 19.9. The van der Waals surface area contributed by atoms with Gasteiger partial charge in [0.05, 0.1) is 25.0 Å². The Morgan fingerprint density at radius 2 is 2.10 bits per heavy atom. The molecule has 2 aromatic rings. The number of aromatic nitrogens is 1. The number of carbonyl (C=O) groups is 1. The molecule has 1 saturated carbocycles. The highest BCUT2D eigenvalue weighted by Gasteiger charge is 2.26. The average molecular weight is 288 g/mol. The van der Waals surface area contributed by atoms with Crippen LogP contribution in [0.1, 0.15) is 29.8 Å². The number of fused-ring (bicyclic) bond motifs is 1. The lowest BCUT2D eigenvalue weighted by Crippen LogP contribution is -2.41. The summed E-state index contributed by atoms with van der Waals surface area (Å²) >= 11 is 0. The van der Waals surface area contributed by atoms with Crippen molar-refractivity contribution in [1.82, 2.24) is 9.47 Å². The van der Waals surface area contributed by atoms with E-state index in [1.807, 2.05) is 17.0 Å². The minimum Gasteiger partial charge on any atom is -0.463 e. The number of morpholine rings is 1. The summed E-state index contributed by atoms with van der Waals surface area (Å²) in [6, 6.07) is 3.86. The van der Waals surface area contributed by atoms with E-state index in [0.29, 0.717) is 32.2 Å². The third-order valence-electron chi connectivity index (χ3n) is 4.71. The van der Waals surface area contributed by atoms with Crippen molar-refractivity contribution in [2.75, 3.05) is 26.3 Å². The number of furan rings is 1. The van der Waals surface area contributed by atoms with E-state index < -0.39 is 0 Å². The van der Waals surface area contributed by atoms with Crippen molar-refractivity contribution in [2.24, 2.45) is 5.92 Å². The van der Waals surface area contributed by atoms with Crippen molar-refractivity contribution >= 4 is 17.0 Å². The molecule has 21 heavy (non-hydrogen) atoms. The van der Waals surface area contributed by atoms with Crippen molar-refractivity contribution in [1.29, 1.82) is 0 Å². The predicted octanol–water partition coefficient (Wildman–Crippen LogP) is 2.51. The van der Waals surface area contributed by atoms with Gasteiger partial charge in [-0.15, -0.1) is 0 Å². The van der Waals surface area contributed by atoms with E-state index >= 15 is 0 Å². The van der Waals surface area contributed by atoms with Gasteiger partial charge in [0.2, 0.25) is 0 Å². The molecule has 0 spiro atoms. The molecular formula is C16H20N2O3. The van der Waals surface area contributed by atoms with Gasteiger partial charge in [0.15, 0.2) is 5.58 Å². The Hall–Kier alpha value is -1.75. The first kappa shape index (κ1) is 13.0. The zero-order valence-corrected chi connectivity index (χ0v) is 12.1. The van der Waals surface area contributed by atoms with Crippen molar-refractivity contribution in [3.8, 4) is 0 Å². The Bertz CT molecular complexity index is 648. The van der Waals surface area contributed by atoms with Gasteiger partial charge in [-0.25, -0.2) is 0 Å². The summed E-state index contributed by atoms with van der Waals surface area (Å²) in [7, 11) is 0. The summed E-state index contributed by atoms with van der Waals surface area (Å²) in [4.78, 5) is 14.7. The van der Waals surface area contributed by atoms with E-state index in [9.17, 15) is 4.79 Å². The number of amides is 1. The van der Waals surface area contributed by atoms with Crippen LogP contribution in [-0.2, 0) is 11.3 Å². The van der Waals surface area contributed by atoms with Gasteiger partial charge in [0, 0.05) is 31.8 Å². The van der Waals surface area contributed by atoms with E-state index in [1.54, 1.807) is 6.26 Å². The SMILES string of the molecule is O=C(c1cc2occc2n1CC1CCC1)N1CCOCC1. The molecular weight excluding hydrogens is 268 g/mol. The molecule has 5 heteroatoms. The fourth-order valence-corrected chi connectivity index (χ4v) is 3.21. The molecule has 0 bridgehead atoms. The smallest absolute Gasteiger partial charge is 0.270 e. The van der Waals surface area contributed by atoms with Gasteiger partial charge in [-0.2, -0.15) is 0 Å². The summed E-state index contributed by atoms with van der Waals surface area (Å²) in [6.45, 7) is 3.54. The third-order valence-corrected chi connectivity index (χ3v) is 4.71. The van der Waals surface area contributed by atoms with Crippen LogP contribution < -0.4 is 0 Å². The van der Waals surface area contributed by atoms with Crippen LogP contribution in [0.15, 0.2) is 22.8 Å². The third kappa shape index (κ3) is 2.25. The zero-order chi connectivity index (χ0) is 14.2. The second-order valence-electron chi connectivity index (χ2n) is 6.01. The molecule has 1 amide bonds. The fraction of sp³-hybridized carbons (Fsp3) is 0.562. The van der Waals surface area contributed by atoms with Crippen molar-refractivity contribution < 1.29 is 13.9 Å². The molecule has 112 valence electrons. The Morgan fingerprint density at radius 3 is 2.81 bits per heavy atom. The van der Waals surface area contributed by atoms with Crippen LogP contribution in [0, 0.1) is 5.92 Å². The number of carbonyl (C=O) groups excluding carboxylic acids is 1. The van der Waals surface area contributed by atoms with Gasteiger partial charge < -0.3 is 18.6 Å². The highest BCUT2D eigenvalue weighted by molar-refractivity contribution is 5.97. The lowest BCUT2D eigenvalue weighted by atomic mass is 9.85. The molecule has 0 radical (unpaired) electrons. The quantitative estimate of drug-likeness (QED) is 0.872.